The molecule has 0 fully saturated rings. The SMILES string of the molecule is Cc1c(-c2cccc(F)c2Cl)nc(N)c2nc(Cc3ccccc3)nn12. The molecule has 0 saturated carbocycles. The van der Waals surface area contributed by atoms with E-state index >= 15 is 0 Å². The van der Waals surface area contributed by atoms with Crippen molar-refractivity contribution in [2.45, 2.75) is 13.3 Å². The molecule has 5 nitrogen and oxygen atoms in total. The van der Waals surface area contributed by atoms with Crippen molar-refractivity contribution < 1.29 is 4.39 Å². The van der Waals surface area contributed by atoms with Gasteiger partial charge >= 0.3 is 0 Å². The number of aryl methyl sites for hydroxylation is 1. The molecule has 0 aliphatic rings. The number of nitrogen functional groups attached to an aromatic ring is 1. The first-order valence-electron chi connectivity index (χ1n) is 8.04. The van der Waals surface area contributed by atoms with E-state index in [1.54, 1.807) is 16.6 Å². The van der Waals surface area contributed by atoms with Crippen molar-refractivity contribution in [2.24, 2.45) is 0 Å². The molecular formula is C19H15ClFN5. The molecular weight excluding hydrogens is 353 g/mol. The average molecular weight is 368 g/mol. The zero-order valence-electron chi connectivity index (χ0n) is 13.9. The summed E-state index contributed by atoms with van der Waals surface area (Å²) in [4.78, 5) is 8.90. The third-order valence-electron chi connectivity index (χ3n) is 4.18. The van der Waals surface area contributed by atoms with Gasteiger partial charge in [-0.3, -0.25) is 0 Å². The molecule has 4 aromatic rings. The molecule has 2 N–H and O–H groups in total. The molecule has 0 radical (unpaired) electrons. The number of aromatic nitrogens is 4. The van der Waals surface area contributed by atoms with E-state index < -0.39 is 5.82 Å². The summed E-state index contributed by atoms with van der Waals surface area (Å²) in [6.07, 6.45) is 0.581. The highest BCUT2D eigenvalue weighted by Crippen LogP contribution is 2.32. The molecule has 2 heterocycles. The molecule has 7 heteroatoms. The molecule has 0 unspecified atom stereocenters. The maximum Gasteiger partial charge on any atom is 0.198 e. The molecule has 0 aliphatic heterocycles. The standard InChI is InChI=1S/C19H15ClFN5/c1-11-17(13-8-5-9-14(21)16(13)20)24-18(22)19-23-15(25-26(11)19)10-12-6-3-2-4-7-12/h2-9H,10H2,1H3,(H2,22,24). The summed E-state index contributed by atoms with van der Waals surface area (Å²) in [6.45, 7) is 1.83. The molecule has 0 amide bonds. The van der Waals surface area contributed by atoms with Crippen LogP contribution < -0.4 is 5.73 Å². The second-order valence-electron chi connectivity index (χ2n) is 5.96. The fourth-order valence-electron chi connectivity index (χ4n) is 2.90. The van der Waals surface area contributed by atoms with Crippen molar-refractivity contribution in [3.8, 4) is 11.3 Å². The highest BCUT2D eigenvalue weighted by Gasteiger charge is 2.18. The summed E-state index contributed by atoms with van der Waals surface area (Å²) >= 11 is 6.11. The Morgan fingerprint density at radius 1 is 1.08 bits per heavy atom. The lowest BCUT2D eigenvalue weighted by atomic mass is 10.1. The molecule has 0 atom stereocenters. The van der Waals surface area contributed by atoms with Gasteiger partial charge in [0.05, 0.1) is 16.4 Å². The van der Waals surface area contributed by atoms with Crippen LogP contribution in [-0.4, -0.2) is 19.6 Å². The van der Waals surface area contributed by atoms with E-state index in [9.17, 15) is 4.39 Å². The number of nitrogens with two attached hydrogens (primary N) is 1. The van der Waals surface area contributed by atoms with Crippen LogP contribution in [0.2, 0.25) is 5.02 Å². The molecule has 0 aliphatic carbocycles. The Morgan fingerprint density at radius 3 is 2.62 bits per heavy atom. The largest absolute Gasteiger partial charge is 0.381 e. The van der Waals surface area contributed by atoms with Crippen molar-refractivity contribution in [2.75, 3.05) is 5.73 Å². The zero-order chi connectivity index (χ0) is 18.3. The fraction of sp³-hybridized carbons (Fsp3) is 0.105. The molecule has 0 spiro atoms. The van der Waals surface area contributed by atoms with Crippen molar-refractivity contribution in [3.63, 3.8) is 0 Å². The Morgan fingerprint density at radius 2 is 1.85 bits per heavy atom. The van der Waals surface area contributed by atoms with Gasteiger partial charge in [-0.05, 0) is 18.6 Å². The van der Waals surface area contributed by atoms with E-state index in [4.69, 9.17) is 17.3 Å². The highest BCUT2D eigenvalue weighted by molar-refractivity contribution is 6.33. The number of hydrogen-bond donors (Lipinski definition) is 1. The predicted octanol–water partition coefficient (Wildman–Crippen LogP) is 4.07. The van der Waals surface area contributed by atoms with Gasteiger partial charge in [-0.15, -0.1) is 0 Å². The number of anilines is 1. The number of hydrogen-bond acceptors (Lipinski definition) is 4. The van der Waals surface area contributed by atoms with Gasteiger partial charge in [-0.1, -0.05) is 54.1 Å². The van der Waals surface area contributed by atoms with Crippen LogP contribution in [-0.2, 0) is 6.42 Å². The molecule has 0 bridgehead atoms. The van der Waals surface area contributed by atoms with Crippen LogP contribution in [0, 0.1) is 12.7 Å². The normalized spacial score (nSPS) is 11.2. The van der Waals surface area contributed by atoms with E-state index in [0.717, 1.165) is 5.56 Å². The minimum absolute atomic E-state index is 0.00599. The van der Waals surface area contributed by atoms with Crippen molar-refractivity contribution in [1.82, 2.24) is 19.6 Å². The van der Waals surface area contributed by atoms with Crippen LogP contribution in [0.3, 0.4) is 0 Å². The number of halogens is 2. The summed E-state index contributed by atoms with van der Waals surface area (Å²) < 4.78 is 15.5. The number of rotatable bonds is 3. The monoisotopic (exact) mass is 367 g/mol. The number of nitrogens with zero attached hydrogens (tertiary/aromatic N) is 4. The van der Waals surface area contributed by atoms with E-state index in [-0.39, 0.29) is 10.8 Å². The average Bonchev–Trinajstić information content (AvgIpc) is 3.06. The van der Waals surface area contributed by atoms with Crippen LogP contribution in [0.5, 0.6) is 0 Å². The number of benzene rings is 2. The van der Waals surface area contributed by atoms with Gasteiger partial charge in [0.2, 0.25) is 0 Å². The molecule has 2 aromatic carbocycles. The maximum absolute atomic E-state index is 13.8. The van der Waals surface area contributed by atoms with Crippen LogP contribution in [0.25, 0.3) is 16.9 Å². The fourth-order valence-corrected chi connectivity index (χ4v) is 3.12. The van der Waals surface area contributed by atoms with Gasteiger partial charge in [0.25, 0.3) is 0 Å². The van der Waals surface area contributed by atoms with E-state index in [1.165, 1.54) is 6.07 Å². The Bertz CT molecular complexity index is 1110. The third-order valence-corrected chi connectivity index (χ3v) is 4.57. The van der Waals surface area contributed by atoms with Gasteiger partial charge < -0.3 is 5.73 Å². The molecule has 130 valence electrons. The van der Waals surface area contributed by atoms with Crippen molar-refractivity contribution in [3.05, 3.63) is 76.5 Å². The first-order chi connectivity index (χ1) is 12.5. The third kappa shape index (κ3) is 2.78. The Labute approximate surface area is 154 Å². The minimum Gasteiger partial charge on any atom is -0.381 e. The maximum atomic E-state index is 13.8. The van der Waals surface area contributed by atoms with Crippen molar-refractivity contribution in [1.29, 1.82) is 0 Å². The summed E-state index contributed by atoms with van der Waals surface area (Å²) in [5.41, 5.74) is 9.30. The molecule has 4 rings (SSSR count). The second kappa shape index (κ2) is 6.38. The zero-order valence-corrected chi connectivity index (χ0v) is 14.7. The van der Waals surface area contributed by atoms with Crippen LogP contribution >= 0.6 is 11.6 Å². The first kappa shape index (κ1) is 16.5. The summed E-state index contributed by atoms with van der Waals surface area (Å²) in [6, 6.07) is 14.5. The van der Waals surface area contributed by atoms with Gasteiger partial charge in [0, 0.05) is 12.0 Å². The lowest BCUT2D eigenvalue weighted by Crippen LogP contribution is -2.05. The predicted molar refractivity (Wildman–Crippen MR) is 99.6 cm³/mol. The summed E-state index contributed by atoms with van der Waals surface area (Å²) in [5, 5.41) is 4.56. The first-order valence-corrected chi connectivity index (χ1v) is 8.42. The lowest BCUT2D eigenvalue weighted by molar-refractivity contribution is 0.628. The van der Waals surface area contributed by atoms with Crippen LogP contribution in [0.15, 0.2) is 48.5 Å². The Kier molecular flexibility index (Phi) is 4.05. The Balaban J connectivity index is 1.85. The minimum atomic E-state index is -0.507. The summed E-state index contributed by atoms with van der Waals surface area (Å²) in [5.74, 6) is 0.348. The quantitative estimate of drug-likeness (QED) is 0.592. The number of fused-ring (bicyclic) bond motifs is 1. The van der Waals surface area contributed by atoms with Crippen LogP contribution in [0.4, 0.5) is 10.2 Å². The van der Waals surface area contributed by atoms with Crippen LogP contribution in [0.1, 0.15) is 17.1 Å². The lowest BCUT2D eigenvalue weighted by Gasteiger charge is -2.10. The second-order valence-corrected chi connectivity index (χ2v) is 6.34. The highest BCUT2D eigenvalue weighted by atomic mass is 35.5. The van der Waals surface area contributed by atoms with Gasteiger partial charge in [0.1, 0.15) is 5.82 Å². The topological polar surface area (TPSA) is 69.1 Å². The van der Waals surface area contributed by atoms with E-state index in [1.807, 2.05) is 37.3 Å². The van der Waals surface area contributed by atoms with Crippen molar-refractivity contribution >= 4 is 23.1 Å². The Hall–Kier alpha value is -2.99. The molecule has 0 saturated heterocycles. The van der Waals surface area contributed by atoms with Gasteiger partial charge in [-0.2, -0.15) is 5.10 Å². The summed E-state index contributed by atoms with van der Waals surface area (Å²) in [7, 11) is 0. The van der Waals surface area contributed by atoms with Gasteiger partial charge in [-0.25, -0.2) is 18.9 Å². The van der Waals surface area contributed by atoms with Gasteiger partial charge in [0.15, 0.2) is 17.3 Å². The molecule has 2 aromatic heterocycles. The molecule has 26 heavy (non-hydrogen) atoms. The smallest absolute Gasteiger partial charge is 0.198 e. The van der Waals surface area contributed by atoms with E-state index in [0.29, 0.717) is 34.8 Å². The van der Waals surface area contributed by atoms with E-state index in [2.05, 4.69) is 15.1 Å².